The Hall–Kier alpha value is -3.02. The van der Waals surface area contributed by atoms with Crippen molar-refractivity contribution in [2.24, 2.45) is 0 Å². The Balaban J connectivity index is 2.18. The SMILES string of the molecule is CCCC(NC(=O)c1ccc(OCC(=O)O)c(OCC)c1)c1ccccc1. The molecule has 6 heteroatoms. The lowest BCUT2D eigenvalue weighted by atomic mass is 10.0. The highest BCUT2D eigenvalue weighted by atomic mass is 16.5. The van der Waals surface area contributed by atoms with Crippen molar-refractivity contribution >= 4 is 11.9 Å². The summed E-state index contributed by atoms with van der Waals surface area (Å²) in [4.78, 5) is 23.4. The summed E-state index contributed by atoms with van der Waals surface area (Å²) < 4.78 is 10.7. The van der Waals surface area contributed by atoms with Gasteiger partial charge < -0.3 is 19.9 Å². The molecule has 0 heterocycles. The minimum atomic E-state index is -1.08. The van der Waals surface area contributed by atoms with E-state index in [9.17, 15) is 9.59 Å². The Morgan fingerprint density at radius 3 is 2.41 bits per heavy atom. The van der Waals surface area contributed by atoms with Crippen LogP contribution in [0, 0.1) is 0 Å². The molecule has 6 nitrogen and oxygen atoms in total. The number of nitrogens with one attached hydrogen (secondary N) is 1. The average molecular weight is 371 g/mol. The van der Waals surface area contributed by atoms with Crippen LogP contribution < -0.4 is 14.8 Å². The van der Waals surface area contributed by atoms with E-state index in [1.165, 1.54) is 0 Å². The molecule has 0 aliphatic heterocycles. The Kier molecular flexibility index (Phi) is 7.67. The first-order valence-corrected chi connectivity index (χ1v) is 9.02. The second kappa shape index (κ2) is 10.2. The fraction of sp³-hybridized carbons (Fsp3) is 0.333. The summed E-state index contributed by atoms with van der Waals surface area (Å²) >= 11 is 0. The number of ether oxygens (including phenoxy) is 2. The van der Waals surface area contributed by atoms with E-state index in [1.807, 2.05) is 30.3 Å². The number of benzene rings is 2. The molecular weight excluding hydrogens is 346 g/mol. The van der Waals surface area contributed by atoms with Crippen molar-refractivity contribution in [3.63, 3.8) is 0 Å². The number of carbonyl (C=O) groups excluding carboxylic acids is 1. The highest BCUT2D eigenvalue weighted by molar-refractivity contribution is 5.95. The number of carboxylic acids is 1. The number of carbonyl (C=O) groups is 2. The molecule has 27 heavy (non-hydrogen) atoms. The van der Waals surface area contributed by atoms with Crippen LogP contribution in [0.25, 0.3) is 0 Å². The molecule has 0 saturated heterocycles. The summed E-state index contributed by atoms with van der Waals surface area (Å²) in [5.74, 6) is -0.658. The number of rotatable bonds is 10. The van der Waals surface area contributed by atoms with E-state index >= 15 is 0 Å². The van der Waals surface area contributed by atoms with Crippen LogP contribution in [0.5, 0.6) is 11.5 Å². The van der Waals surface area contributed by atoms with Gasteiger partial charge in [0, 0.05) is 5.56 Å². The van der Waals surface area contributed by atoms with Crippen LogP contribution in [0.3, 0.4) is 0 Å². The first-order chi connectivity index (χ1) is 13.0. The molecule has 0 radical (unpaired) electrons. The summed E-state index contributed by atoms with van der Waals surface area (Å²) in [6, 6.07) is 14.5. The number of hydrogen-bond donors (Lipinski definition) is 2. The fourth-order valence-electron chi connectivity index (χ4n) is 2.71. The summed E-state index contributed by atoms with van der Waals surface area (Å²) in [5, 5.41) is 11.8. The van der Waals surface area contributed by atoms with E-state index in [4.69, 9.17) is 14.6 Å². The normalized spacial score (nSPS) is 11.5. The fourth-order valence-corrected chi connectivity index (χ4v) is 2.71. The van der Waals surface area contributed by atoms with Crippen molar-refractivity contribution in [2.75, 3.05) is 13.2 Å². The molecule has 0 aromatic heterocycles. The largest absolute Gasteiger partial charge is 0.490 e. The third kappa shape index (κ3) is 6.02. The first-order valence-electron chi connectivity index (χ1n) is 9.02. The number of carboxylic acid groups (broad SMARTS) is 1. The lowest BCUT2D eigenvalue weighted by molar-refractivity contribution is -0.139. The molecule has 2 aromatic carbocycles. The maximum Gasteiger partial charge on any atom is 0.341 e. The zero-order valence-corrected chi connectivity index (χ0v) is 15.6. The van der Waals surface area contributed by atoms with Gasteiger partial charge in [-0.25, -0.2) is 4.79 Å². The van der Waals surface area contributed by atoms with Gasteiger partial charge in [0.15, 0.2) is 18.1 Å². The molecule has 2 N–H and O–H groups in total. The molecule has 1 atom stereocenters. The van der Waals surface area contributed by atoms with Crippen LogP contribution in [0.4, 0.5) is 0 Å². The zero-order chi connectivity index (χ0) is 19.6. The Morgan fingerprint density at radius 1 is 1.04 bits per heavy atom. The molecule has 1 unspecified atom stereocenters. The predicted octanol–water partition coefficient (Wildman–Crippen LogP) is 3.82. The van der Waals surface area contributed by atoms with E-state index in [-0.39, 0.29) is 11.9 Å². The van der Waals surface area contributed by atoms with Crippen LogP contribution in [-0.4, -0.2) is 30.2 Å². The van der Waals surface area contributed by atoms with Crippen molar-refractivity contribution in [3.05, 3.63) is 59.7 Å². The predicted molar refractivity (Wildman–Crippen MR) is 102 cm³/mol. The zero-order valence-electron chi connectivity index (χ0n) is 15.6. The molecule has 2 rings (SSSR count). The van der Waals surface area contributed by atoms with Crippen molar-refractivity contribution in [3.8, 4) is 11.5 Å². The van der Waals surface area contributed by atoms with Gasteiger partial charge >= 0.3 is 5.97 Å². The monoisotopic (exact) mass is 371 g/mol. The summed E-state index contributed by atoms with van der Waals surface area (Å²) in [5.41, 5.74) is 1.48. The second-order valence-electron chi connectivity index (χ2n) is 6.00. The van der Waals surface area contributed by atoms with Gasteiger partial charge in [-0.05, 0) is 37.1 Å². The maximum absolute atomic E-state index is 12.7. The standard InChI is InChI=1S/C21H25NO5/c1-3-8-17(15-9-6-5-7-10-15)22-21(25)16-11-12-18(27-14-20(23)24)19(13-16)26-4-2/h5-7,9-13,17H,3-4,8,14H2,1-2H3,(H,22,25)(H,23,24). The average Bonchev–Trinajstić information content (AvgIpc) is 2.67. The van der Waals surface area contributed by atoms with Gasteiger partial charge in [0.2, 0.25) is 0 Å². The van der Waals surface area contributed by atoms with Crippen LogP contribution in [0.15, 0.2) is 48.5 Å². The molecule has 0 saturated carbocycles. The lowest BCUT2D eigenvalue weighted by Crippen LogP contribution is -2.28. The number of hydrogen-bond acceptors (Lipinski definition) is 4. The summed E-state index contributed by atoms with van der Waals surface area (Å²) in [6.07, 6.45) is 1.76. The van der Waals surface area contributed by atoms with E-state index < -0.39 is 12.6 Å². The first kappa shape index (κ1) is 20.3. The smallest absolute Gasteiger partial charge is 0.341 e. The van der Waals surface area contributed by atoms with Crippen LogP contribution >= 0.6 is 0 Å². The highest BCUT2D eigenvalue weighted by Crippen LogP contribution is 2.29. The van der Waals surface area contributed by atoms with E-state index in [0.717, 1.165) is 18.4 Å². The molecule has 0 aliphatic carbocycles. The van der Waals surface area contributed by atoms with Gasteiger partial charge in [-0.15, -0.1) is 0 Å². The Morgan fingerprint density at radius 2 is 1.78 bits per heavy atom. The van der Waals surface area contributed by atoms with Gasteiger partial charge in [0.1, 0.15) is 0 Å². The molecule has 0 aliphatic rings. The van der Waals surface area contributed by atoms with Crippen molar-refractivity contribution < 1.29 is 24.2 Å². The molecule has 144 valence electrons. The second-order valence-corrected chi connectivity index (χ2v) is 6.00. The van der Waals surface area contributed by atoms with E-state index in [2.05, 4.69) is 12.2 Å². The molecule has 2 aromatic rings. The number of aliphatic carboxylic acids is 1. The minimum Gasteiger partial charge on any atom is -0.490 e. The maximum atomic E-state index is 12.7. The van der Waals surface area contributed by atoms with Gasteiger partial charge in [-0.2, -0.15) is 0 Å². The number of amides is 1. The van der Waals surface area contributed by atoms with Gasteiger partial charge in [0.05, 0.1) is 12.6 Å². The lowest BCUT2D eigenvalue weighted by Gasteiger charge is -2.19. The van der Waals surface area contributed by atoms with Gasteiger partial charge in [0.25, 0.3) is 5.91 Å². The molecule has 0 fully saturated rings. The molecule has 0 spiro atoms. The Labute approximate surface area is 159 Å². The van der Waals surface area contributed by atoms with Crippen LogP contribution in [-0.2, 0) is 4.79 Å². The topological polar surface area (TPSA) is 84.9 Å². The van der Waals surface area contributed by atoms with Crippen molar-refractivity contribution in [1.29, 1.82) is 0 Å². The van der Waals surface area contributed by atoms with E-state index in [1.54, 1.807) is 25.1 Å². The molecule has 1 amide bonds. The molecular formula is C21H25NO5. The van der Waals surface area contributed by atoms with Gasteiger partial charge in [-0.1, -0.05) is 43.7 Å². The quantitative estimate of drug-likeness (QED) is 0.663. The Bertz CT molecular complexity index is 760. The van der Waals surface area contributed by atoms with Crippen molar-refractivity contribution in [2.45, 2.75) is 32.7 Å². The third-order valence-electron chi connectivity index (χ3n) is 3.94. The molecule has 0 bridgehead atoms. The van der Waals surface area contributed by atoms with Gasteiger partial charge in [-0.3, -0.25) is 4.79 Å². The van der Waals surface area contributed by atoms with Crippen LogP contribution in [0.1, 0.15) is 48.7 Å². The summed E-state index contributed by atoms with van der Waals surface area (Å²) in [7, 11) is 0. The summed E-state index contributed by atoms with van der Waals surface area (Å²) in [6.45, 7) is 3.78. The third-order valence-corrected chi connectivity index (χ3v) is 3.94. The van der Waals surface area contributed by atoms with Crippen LogP contribution in [0.2, 0.25) is 0 Å². The minimum absolute atomic E-state index is 0.0813. The highest BCUT2D eigenvalue weighted by Gasteiger charge is 2.17. The van der Waals surface area contributed by atoms with E-state index in [0.29, 0.717) is 23.7 Å². The van der Waals surface area contributed by atoms with Crippen molar-refractivity contribution in [1.82, 2.24) is 5.32 Å².